The Bertz CT molecular complexity index is 68.9. The maximum Gasteiger partial charge on any atom is 0 e. The molecule has 0 aliphatic heterocycles. The third-order valence-corrected chi connectivity index (χ3v) is 0.777. The van der Waals surface area contributed by atoms with Crippen molar-refractivity contribution in [1.82, 2.24) is 4.37 Å². The van der Waals surface area contributed by atoms with Crippen LogP contribution in [-0.4, -0.2) is 4.37 Å². The molecule has 0 unspecified atom stereocenters. The van der Waals surface area contributed by atoms with E-state index in [0.717, 1.165) is 0 Å². The van der Waals surface area contributed by atoms with E-state index in [1.54, 1.807) is 12.3 Å². The molecule has 0 N–H and O–H groups in total. The van der Waals surface area contributed by atoms with Gasteiger partial charge >= 0.3 is 0 Å². The van der Waals surface area contributed by atoms with Crippen molar-refractivity contribution in [2.45, 2.75) is 13.8 Å². The number of aromatic nitrogens is 1. The van der Waals surface area contributed by atoms with Gasteiger partial charge in [-0.1, -0.05) is 13.8 Å². The van der Waals surface area contributed by atoms with Crippen LogP contribution in [0.1, 0.15) is 13.8 Å². The van der Waals surface area contributed by atoms with Gasteiger partial charge in [0.05, 0.1) is 0 Å². The summed E-state index contributed by atoms with van der Waals surface area (Å²) in [7, 11) is 0. The fourth-order valence-electron chi connectivity index (χ4n) is 0.152. The molecule has 1 heterocycles. The Morgan fingerprint density at radius 3 is 2.25 bits per heavy atom. The average Bonchev–Trinajstić information content (AvgIpc) is 2.23. The van der Waals surface area contributed by atoms with Crippen molar-refractivity contribution in [3.63, 3.8) is 0 Å². The molecule has 3 heteroatoms. The Morgan fingerprint density at radius 1 is 1.50 bits per heavy atom. The van der Waals surface area contributed by atoms with Gasteiger partial charge in [0, 0.05) is 32.7 Å². The largest absolute Gasteiger partial charge is 0.316 e. The zero-order chi connectivity index (χ0) is 5.54. The SMILES string of the molecule is CC.[Y].[c-]1ccns1. The van der Waals surface area contributed by atoms with Crippen molar-refractivity contribution in [3.05, 3.63) is 17.6 Å². The zero-order valence-corrected chi connectivity index (χ0v) is 8.74. The second-order valence-electron chi connectivity index (χ2n) is 0.630. The third-order valence-electron chi connectivity index (χ3n) is 0.309. The van der Waals surface area contributed by atoms with Crippen LogP contribution in [0, 0.1) is 5.38 Å². The van der Waals surface area contributed by atoms with E-state index in [1.807, 2.05) is 13.8 Å². The molecule has 1 aromatic rings. The number of nitrogens with zero attached hydrogens (tertiary/aromatic N) is 1. The van der Waals surface area contributed by atoms with Crippen molar-refractivity contribution in [1.29, 1.82) is 0 Å². The smallest absolute Gasteiger partial charge is 0 e. The molecule has 0 aliphatic carbocycles. The summed E-state index contributed by atoms with van der Waals surface area (Å²) in [5.74, 6) is 0. The van der Waals surface area contributed by atoms with Crippen LogP contribution in [0.15, 0.2) is 12.3 Å². The minimum absolute atomic E-state index is 0. The Morgan fingerprint density at radius 2 is 2.12 bits per heavy atom. The summed E-state index contributed by atoms with van der Waals surface area (Å²) in [6.07, 6.45) is 1.71. The molecule has 0 aromatic carbocycles. The zero-order valence-electron chi connectivity index (χ0n) is 5.09. The molecule has 1 aromatic heterocycles. The van der Waals surface area contributed by atoms with Crippen LogP contribution in [0.4, 0.5) is 0 Å². The molecule has 0 saturated carbocycles. The fourth-order valence-corrected chi connectivity index (χ4v) is 0.456. The molecule has 0 fully saturated rings. The molecule has 1 nitrogen and oxygen atoms in total. The fraction of sp³-hybridized carbons (Fsp3) is 0.400. The minimum atomic E-state index is 0. The van der Waals surface area contributed by atoms with Gasteiger partial charge in [0.1, 0.15) is 0 Å². The first-order valence-corrected chi connectivity index (χ1v) is 3.04. The van der Waals surface area contributed by atoms with Gasteiger partial charge in [-0.25, -0.2) is 6.07 Å². The van der Waals surface area contributed by atoms with E-state index in [1.165, 1.54) is 11.5 Å². The van der Waals surface area contributed by atoms with Crippen molar-refractivity contribution < 1.29 is 32.7 Å². The Hall–Kier alpha value is 0.734. The third kappa shape index (κ3) is 6.73. The maximum absolute atomic E-state index is 3.71. The van der Waals surface area contributed by atoms with Gasteiger partial charge in [-0.2, -0.15) is 16.9 Å². The molecule has 0 saturated heterocycles. The Labute approximate surface area is 79.6 Å². The van der Waals surface area contributed by atoms with Crippen molar-refractivity contribution in [2.24, 2.45) is 0 Å². The van der Waals surface area contributed by atoms with Crippen molar-refractivity contribution >= 4 is 11.5 Å². The summed E-state index contributed by atoms with van der Waals surface area (Å²) in [6, 6.07) is 1.78. The quantitative estimate of drug-likeness (QED) is 0.587. The number of hydrogen-bond acceptors (Lipinski definition) is 2. The van der Waals surface area contributed by atoms with Gasteiger partial charge in [0.2, 0.25) is 0 Å². The maximum atomic E-state index is 3.71. The summed E-state index contributed by atoms with van der Waals surface area (Å²) in [6.45, 7) is 4.00. The number of hydrogen-bond donors (Lipinski definition) is 0. The topological polar surface area (TPSA) is 12.9 Å². The van der Waals surface area contributed by atoms with Crippen LogP contribution < -0.4 is 0 Å². The first-order chi connectivity index (χ1) is 3.50. The van der Waals surface area contributed by atoms with Gasteiger partial charge in [-0.3, -0.25) is 0 Å². The van der Waals surface area contributed by atoms with Crippen LogP contribution in [0.5, 0.6) is 0 Å². The summed E-state index contributed by atoms with van der Waals surface area (Å²) < 4.78 is 3.71. The number of rotatable bonds is 0. The van der Waals surface area contributed by atoms with Gasteiger partial charge in [-0.05, 0) is 0 Å². The summed E-state index contributed by atoms with van der Waals surface area (Å²) in [5.41, 5.74) is 0. The average molecular weight is 203 g/mol. The summed E-state index contributed by atoms with van der Waals surface area (Å²) >= 11 is 1.34. The monoisotopic (exact) mass is 203 g/mol. The van der Waals surface area contributed by atoms with Crippen LogP contribution >= 0.6 is 11.5 Å². The predicted octanol–water partition coefficient (Wildman–Crippen LogP) is 1.97. The standard InChI is InChI=1S/C3H2NS.C2H6.Y/c1-2-4-5-3-1;1-2;/h1-2H;1-2H3;/q-1;;. The molecular weight excluding hydrogens is 195 g/mol. The van der Waals surface area contributed by atoms with Gasteiger partial charge in [0.25, 0.3) is 0 Å². The molecule has 1 radical (unpaired) electrons. The van der Waals surface area contributed by atoms with Crippen LogP contribution in [0.2, 0.25) is 0 Å². The van der Waals surface area contributed by atoms with E-state index in [4.69, 9.17) is 0 Å². The predicted molar refractivity (Wildman–Crippen MR) is 32.3 cm³/mol. The molecule has 0 amide bonds. The summed E-state index contributed by atoms with van der Waals surface area (Å²) in [4.78, 5) is 0. The first kappa shape index (κ1) is 11.5. The van der Waals surface area contributed by atoms with Gasteiger partial charge in [-0.15, -0.1) is 6.20 Å². The van der Waals surface area contributed by atoms with Crippen molar-refractivity contribution in [2.75, 3.05) is 0 Å². The molecule has 0 bridgehead atoms. The van der Waals surface area contributed by atoms with Crippen LogP contribution in [0.25, 0.3) is 0 Å². The van der Waals surface area contributed by atoms with E-state index in [9.17, 15) is 0 Å². The van der Waals surface area contributed by atoms with Crippen molar-refractivity contribution in [3.8, 4) is 0 Å². The molecule has 0 atom stereocenters. The van der Waals surface area contributed by atoms with Gasteiger partial charge in [0.15, 0.2) is 0 Å². The Balaban J connectivity index is 0. The molecule has 0 spiro atoms. The van der Waals surface area contributed by atoms with Crippen LogP contribution in [0.3, 0.4) is 0 Å². The second-order valence-corrected chi connectivity index (χ2v) is 1.26. The molecule has 8 heavy (non-hydrogen) atoms. The second kappa shape index (κ2) is 10.7. The normalized spacial score (nSPS) is 5.75. The Kier molecular flexibility index (Phi) is 15.4. The molecule has 1 rings (SSSR count). The van der Waals surface area contributed by atoms with E-state index in [-0.39, 0.29) is 32.7 Å². The molecular formula is C5H8NSY-. The molecule has 0 aliphatic rings. The molecule has 43 valence electrons. The van der Waals surface area contributed by atoms with E-state index in [0.29, 0.717) is 0 Å². The summed E-state index contributed by atoms with van der Waals surface area (Å²) in [5, 5.41) is 2.79. The van der Waals surface area contributed by atoms with Crippen LogP contribution in [-0.2, 0) is 32.7 Å². The van der Waals surface area contributed by atoms with E-state index in [2.05, 4.69) is 9.75 Å². The minimum Gasteiger partial charge on any atom is -0.316 e. The van der Waals surface area contributed by atoms with E-state index < -0.39 is 0 Å². The van der Waals surface area contributed by atoms with Gasteiger partial charge < -0.3 is 4.37 Å². The van der Waals surface area contributed by atoms with E-state index >= 15 is 0 Å². The first-order valence-electron chi connectivity index (χ1n) is 2.27.